The Labute approximate surface area is 101 Å². The zero-order valence-corrected chi connectivity index (χ0v) is 11.5. The maximum absolute atomic E-state index is 5.71. The van der Waals surface area contributed by atoms with Gasteiger partial charge in [-0.15, -0.1) is 0 Å². The summed E-state index contributed by atoms with van der Waals surface area (Å²) >= 11 is 0. The number of methoxy groups -OCH3 is 1. The van der Waals surface area contributed by atoms with E-state index in [9.17, 15) is 0 Å². The Kier molecular flexibility index (Phi) is 6.37. The molecule has 0 heterocycles. The van der Waals surface area contributed by atoms with Crippen molar-refractivity contribution in [2.75, 3.05) is 13.7 Å². The van der Waals surface area contributed by atoms with Gasteiger partial charge in [0, 0.05) is 13.2 Å². The Bertz CT molecular complexity index is 180. The number of likely N-dealkylation sites (N-methyl/N-ethyl adjacent to an activating group) is 1. The lowest BCUT2D eigenvalue weighted by atomic mass is 9.92. The van der Waals surface area contributed by atoms with Gasteiger partial charge in [-0.2, -0.15) is 0 Å². The van der Waals surface area contributed by atoms with Crippen molar-refractivity contribution in [3.05, 3.63) is 0 Å². The molecule has 0 aromatic carbocycles. The lowest BCUT2D eigenvalue weighted by Crippen LogP contribution is -2.43. The second kappa shape index (κ2) is 7.29. The molecule has 3 atom stereocenters. The highest BCUT2D eigenvalue weighted by atomic mass is 16.5. The maximum Gasteiger partial charge on any atom is 0.0752 e. The molecule has 16 heavy (non-hydrogen) atoms. The minimum atomic E-state index is 0.444. The topological polar surface area (TPSA) is 21.3 Å². The Balaban J connectivity index is 2.43. The standard InChI is InChI=1S/C14H29NO/c1-5-7-11(3)10-13(15-6-2)14(16-4)12-8-9-12/h11-15H,5-10H2,1-4H3. The fourth-order valence-electron chi connectivity index (χ4n) is 2.75. The van der Waals surface area contributed by atoms with E-state index in [2.05, 4.69) is 26.1 Å². The number of hydrogen-bond acceptors (Lipinski definition) is 2. The third kappa shape index (κ3) is 4.42. The molecule has 0 aromatic rings. The lowest BCUT2D eigenvalue weighted by molar-refractivity contribution is 0.0438. The SMILES string of the molecule is CCCC(C)CC(NCC)C(OC)C1CC1. The molecular formula is C14H29NO. The molecule has 1 aliphatic rings. The van der Waals surface area contributed by atoms with E-state index in [0.717, 1.165) is 18.4 Å². The molecule has 0 saturated heterocycles. The van der Waals surface area contributed by atoms with Crippen molar-refractivity contribution in [1.29, 1.82) is 0 Å². The van der Waals surface area contributed by atoms with E-state index in [-0.39, 0.29) is 0 Å². The van der Waals surface area contributed by atoms with Crippen LogP contribution in [0.3, 0.4) is 0 Å². The van der Waals surface area contributed by atoms with Crippen molar-refractivity contribution in [2.24, 2.45) is 11.8 Å². The van der Waals surface area contributed by atoms with E-state index in [1.165, 1.54) is 32.1 Å². The van der Waals surface area contributed by atoms with Crippen LogP contribution in [0.4, 0.5) is 0 Å². The first-order valence-corrected chi connectivity index (χ1v) is 6.99. The first kappa shape index (κ1) is 14.0. The summed E-state index contributed by atoms with van der Waals surface area (Å²) < 4.78 is 5.71. The average molecular weight is 227 g/mol. The predicted molar refractivity (Wildman–Crippen MR) is 69.7 cm³/mol. The molecule has 1 rings (SSSR count). The van der Waals surface area contributed by atoms with Gasteiger partial charge in [-0.1, -0.05) is 33.6 Å². The zero-order valence-electron chi connectivity index (χ0n) is 11.5. The highest BCUT2D eigenvalue weighted by Crippen LogP contribution is 2.37. The molecule has 96 valence electrons. The summed E-state index contributed by atoms with van der Waals surface area (Å²) in [5.41, 5.74) is 0. The summed E-state index contributed by atoms with van der Waals surface area (Å²) in [4.78, 5) is 0. The minimum absolute atomic E-state index is 0.444. The molecular weight excluding hydrogens is 198 g/mol. The van der Waals surface area contributed by atoms with Gasteiger partial charge in [0.1, 0.15) is 0 Å². The van der Waals surface area contributed by atoms with Gasteiger partial charge in [-0.25, -0.2) is 0 Å². The molecule has 3 unspecified atom stereocenters. The van der Waals surface area contributed by atoms with E-state index in [1.807, 2.05) is 7.11 Å². The normalized spacial score (nSPS) is 21.8. The zero-order chi connectivity index (χ0) is 12.0. The van der Waals surface area contributed by atoms with Crippen molar-refractivity contribution in [1.82, 2.24) is 5.32 Å². The first-order chi connectivity index (χ1) is 7.72. The summed E-state index contributed by atoms with van der Waals surface area (Å²) in [7, 11) is 1.87. The van der Waals surface area contributed by atoms with Gasteiger partial charge in [-0.3, -0.25) is 0 Å². The summed E-state index contributed by atoms with van der Waals surface area (Å²) in [6.45, 7) is 7.88. The summed E-state index contributed by atoms with van der Waals surface area (Å²) in [6.07, 6.45) is 7.06. The van der Waals surface area contributed by atoms with Crippen molar-refractivity contribution in [3.8, 4) is 0 Å². The molecule has 1 aliphatic carbocycles. The van der Waals surface area contributed by atoms with Crippen LogP contribution in [0.2, 0.25) is 0 Å². The first-order valence-electron chi connectivity index (χ1n) is 6.99. The number of ether oxygens (including phenoxy) is 1. The fraction of sp³-hybridized carbons (Fsp3) is 1.00. The van der Waals surface area contributed by atoms with E-state index in [1.54, 1.807) is 0 Å². The number of nitrogens with one attached hydrogen (secondary N) is 1. The van der Waals surface area contributed by atoms with E-state index < -0.39 is 0 Å². The van der Waals surface area contributed by atoms with Crippen LogP contribution < -0.4 is 5.32 Å². The second-order valence-electron chi connectivity index (χ2n) is 5.33. The van der Waals surface area contributed by atoms with E-state index in [4.69, 9.17) is 4.74 Å². The van der Waals surface area contributed by atoms with Gasteiger partial charge < -0.3 is 10.1 Å². The summed E-state index contributed by atoms with van der Waals surface area (Å²) in [5.74, 6) is 1.63. The van der Waals surface area contributed by atoms with Crippen molar-refractivity contribution < 1.29 is 4.74 Å². The minimum Gasteiger partial charge on any atom is -0.380 e. The molecule has 2 nitrogen and oxygen atoms in total. The van der Waals surface area contributed by atoms with Crippen LogP contribution in [-0.2, 0) is 4.74 Å². The average Bonchev–Trinajstić information content (AvgIpc) is 3.03. The third-order valence-electron chi connectivity index (χ3n) is 3.66. The smallest absolute Gasteiger partial charge is 0.0752 e. The molecule has 1 saturated carbocycles. The molecule has 1 fully saturated rings. The van der Waals surface area contributed by atoms with Crippen molar-refractivity contribution in [3.63, 3.8) is 0 Å². The highest BCUT2D eigenvalue weighted by Gasteiger charge is 2.36. The van der Waals surface area contributed by atoms with Crippen molar-refractivity contribution >= 4 is 0 Å². The number of hydrogen-bond donors (Lipinski definition) is 1. The largest absolute Gasteiger partial charge is 0.380 e. The Hall–Kier alpha value is -0.0800. The van der Waals surface area contributed by atoms with Crippen LogP contribution >= 0.6 is 0 Å². The summed E-state index contributed by atoms with van der Waals surface area (Å²) in [6, 6.07) is 0.559. The Morgan fingerprint density at radius 1 is 1.31 bits per heavy atom. The molecule has 0 radical (unpaired) electrons. The lowest BCUT2D eigenvalue weighted by Gasteiger charge is -2.29. The van der Waals surface area contributed by atoms with Crippen LogP contribution in [-0.4, -0.2) is 25.8 Å². The van der Waals surface area contributed by atoms with Gasteiger partial charge in [-0.05, 0) is 37.6 Å². The Morgan fingerprint density at radius 2 is 2.00 bits per heavy atom. The highest BCUT2D eigenvalue weighted by molar-refractivity contribution is 4.90. The molecule has 0 aromatic heterocycles. The molecule has 1 N–H and O–H groups in total. The van der Waals surface area contributed by atoms with Crippen molar-refractivity contribution in [2.45, 2.75) is 65.0 Å². The van der Waals surface area contributed by atoms with Gasteiger partial charge in [0.15, 0.2) is 0 Å². The van der Waals surface area contributed by atoms with E-state index >= 15 is 0 Å². The maximum atomic E-state index is 5.71. The van der Waals surface area contributed by atoms with Crippen LogP contribution in [0, 0.1) is 11.8 Å². The van der Waals surface area contributed by atoms with Gasteiger partial charge in [0.2, 0.25) is 0 Å². The van der Waals surface area contributed by atoms with Crippen LogP contribution in [0.25, 0.3) is 0 Å². The summed E-state index contributed by atoms with van der Waals surface area (Å²) in [5, 5.41) is 3.62. The molecule has 0 spiro atoms. The second-order valence-corrected chi connectivity index (χ2v) is 5.33. The third-order valence-corrected chi connectivity index (χ3v) is 3.66. The monoisotopic (exact) mass is 227 g/mol. The van der Waals surface area contributed by atoms with Crippen LogP contribution in [0.15, 0.2) is 0 Å². The predicted octanol–water partition coefficient (Wildman–Crippen LogP) is 3.22. The number of rotatable bonds is 9. The van der Waals surface area contributed by atoms with Crippen LogP contribution in [0.5, 0.6) is 0 Å². The van der Waals surface area contributed by atoms with Gasteiger partial charge >= 0.3 is 0 Å². The fourth-order valence-corrected chi connectivity index (χ4v) is 2.75. The molecule has 0 bridgehead atoms. The quantitative estimate of drug-likeness (QED) is 0.653. The van der Waals surface area contributed by atoms with E-state index in [0.29, 0.717) is 12.1 Å². The molecule has 0 amide bonds. The molecule has 2 heteroatoms. The molecule has 0 aliphatic heterocycles. The Morgan fingerprint density at radius 3 is 2.44 bits per heavy atom. The van der Waals surface area contributed by atoms with Gasteiger partial charge in [0.25, 0.3) is 0 Å². The van der Waals surface area contributed by atoms with Gasteiger partial charge in [0.05, 0.1) is 6.10 Å². The van der Waals surface area contributed by atoms with Crippen LogP contribution in [0.1, 0.15) is 52.9 Å².